The molecule has 0 aliphatic heterocycles. The van der Waals surface area contributed by atoms with E-state index in [1.165, 1.54) is 6.07 Å². The van der Waals surface area contributed by atoms with Crippen LogP contribution in [0.3, 0.4) is 0 Å². The van der Waals surface area contributed by atoms with Gasteiger partial charge in [-0.15, -0.1) is 10.2 Å². The number of carbonyl (C=O) groups is 1. The van der Waals surface area contributed by atoms with Crippen LogP contribution in [0.25, 0.3) is 0 Å². The van der Waals surface area contributed by atoms with Gasteiger partial charge in [-0.05, 0) is 29.8 Å². The van der Waals surface area contributed by atoms with Gasteiger partial charge in [-0.25, -0.2) is 4.39 Å². The van der Waals surface area contributed by atoms with Gasteiger partial charge in [0.05, 0.1) is 6.04 Å². The van der Waals surface area contributed by atoms with Crippen LogP contribution in [0.4, 0.5) is 10.2 Å². The molecule has 0 aliphatic carbocycles. The fourth-order valence-electron chi connectivity index (χ4n) is 2.61. The molecule has 0 saturated heterocycles. The first kappa shape index (κ1) is 19.0. The van der Waals surface area contributed by atoms with Crippen LogP contribution in [-0.4, -0.2) is 30.2 Å². The molecule has 138 valence electrons. The monoisotopic (exact) mass is 428 g/mol. The molecule has 0 fully saturated rings. The van der Waals surface area contributed by atoms with Gasteiger partial charge in [-0.1, -0.05) is 52.3 Å². The summed E-state index contributed by atoms with van der Waals surface area (Å²) in [6.45, 7) is 0. The van der Waals surface area contributed by atoms with E-state index in [9.17, 15) is 9.18 Å². The minimum Gasteiger partial charge on any atom is -0.361 e. The van der Waals surface area contributed by atoms with E-state index in [2.05, 4.69) is 31.4 Å². The minimum absolute atomic E-state index is 0.166. The van der Waals surface area contributed by atoms with Crippen LogP contribution in [0.15, 0.2) is 65.1 Å². The van der Waals surface area contributed by atoms with Crippen molar-refractivity contribution < 1.29 is 9.18 Å². The molecule has 1 N–H and O–H groups in total. The van der Waals surface area contributed by atoms with Gasteiger partial charge in [0.15, 0.2) is 11.5 Å². The van der Waals surface area contributed by atoms with Crippen LogP contribution in [0.2, 0.25) is 0 Å². The standard InChI is InChI=1S/C20H18BrFN4O/c1-26(2)18-11-10-17(24-25-18)20(27)23-19(13-6-4-3-5-7-13)15-9-8-14(21)12-16(15)22/h3-12,19H,1-2H3,(H,23,27). The average Bonchev–Trinajstić information content (AvgIpc) is 2.67. The first-order valence-electron chi connectivity index (χ1n) is 8.27. The molecule has 0 spiro atoms. The molecule has 3 aromatic rings. The van der Waals surface area contributed by atoms with Crippen molar-refractivity contribution in [3.8, 4) is 0 Å². The van der Waals surface area contributed by atoms with E-state index in [0.717, 1.165) is 5.56 Å². The number of nitrogens with one attached hydrogen (secondary N) is 1. The SMILES string of the molecule is CN(C)c1ccc(C(=O)NC(c2ccccc2)c2ccc(Br)cc2F)nn1. The average molecular weight is 429 g/mol. The normalized spacial score (nSPS) is 11.7. The number of rotatable bonds is 5. The molecule has 27 heavy (non-hydrogen) atoms. The number of hydrogen-bond donors (Lipinski definition) is 1. The third-order valence-electron chi connectivity index (χ3n) is 4.02. The highest BCUT2D eigenvalue weighted by Gasteiger charge is 2.22. The highest BCUT2D eigenvalue weighted by atomic mass is 79.9. The lowest BCUT2D eigenvalue weighted by Gasteiger charge is -2.20. The lowest BCUT2D eigenvalue weighted by atomic mass is 9.98. The molecular formula is C20H18BrFN4O. The van der Waals surface area contributed by atoms with E-state index < -0.39 is 17.8 Å². The van der Waals surface area contributed by atoms with Gasteiger partial charge in [-0.3, -0.25) is 4.79 Å². The molecule has 7 heteroatoms. The molecule has 0 bridgehead atoms. The first-order chi connectivity index (χ1) is 13.0. The van der Waals surface area contributed by atoms with Crippen LogP contribution in [0, 0.1) is 5.82 Å². The van der Waals surface area contributed by atoms with Crippen LogP contribution in [0.5, 0.6) is 0 Å². The predicted molar refractivity (Wildman–Crippen MR) is 106 cm³/mol. The fourth-order valence-corrected chi connectivity index (χ4v) is 2.94. The van der Waals surface area contributed by atoms with Gasteiger partial charge in [-0.2, -0.15) is 0 Å². The fraction of sp³-hybridized carbons (Fsp3) is 0.150. The number of aromatic nitrogens is 2. The van der Waals surface area contributed by atoms with E-state index in [1.807, 2.05) is 44.4 Å². The number of anilines is 1. The van der Waals surface area contributed by atoms with Gasteiger partial charge in [0.2, 0.25) is 0 Å². The topological polar surface area (TPSA) is 58.1 Å². The number of hydrogen-bond acceptors (Lipinski definition) is 4. The smallest absolute Gasteiger partial charge is 0.272 e. The van der Waals surface area contributed by atoms with Gasteiger partial charge in [0.1, 0.15) is 5.82 Å². The van der Waals surface area contributed by atoms with Crippen LogP contribution < -0.4 is 10.2 Å². The molecule has 1 atom stereocenters. The van der Waals surface area contributed by atoms with Crippen molar-refractivity contribution >= 4 is 27.7 Å². The Morgan fingerprint density at radius 3 is 2.41 bits per heavy atom. The first-order valence-corrected chi connectivity index (χ1v) is 9.07. The van der Waals surface area contributed by atoms with Gasteiger partial charge >= 0.3 is 0 Å². The number of carbonyl (C=O) groups excluding carboxylic acids is 1. The van der Waals surface area contributed by atoms with Gasteiger partial charge in [0.25, 0.3) is 5.91 Å². The number of halogens is 2. The van der Waals surface area contributed by atoms with Crippen molar-refractivity contribution in [3.05, 3.63) is 87.8 Å². The van der Waals surface area contributed by atoms with Crippen molar-refractivity contribution in [1.82, 2.24) is 15.5 Å². The summed E-state index contributed by atoms with van der Waals surface area (Å²) >= 11 is 3.26. The van der Waals surface area contributed by atoms with Gasteiger partial charge in [0, 0.05) is 24.1 Å². The summed E-state index contributed by atoms with van der Waals surface area (Å²) in [6, 6.07) is 16.7. The summed E-state index contributed by atoms with van der Waals surface area (Å²) < 4.78 is 15.2. The molecule has 0 radical (unpaired) electrons. The Balaban J connectivity index is 1.93. The molecule has 1 unspecified atom stereocenters. The van der Waals surface area contributed by atoms with E-state index in [0.29, 0.717) is 15.9 Å². The van der Waals surface area contributed by atoms with Crippen LogP contribution in [-0.2, 0) is 0 Å². The van der Waals surface area contributed by atoms with E-state index in [-0.39, 0.29) is 5.69 Å². The molecule has 1 aromatic heterocycles. The molecule has 1 amide bonds. The Morgan fingerprint density at radius 1 is 1.07 bits per heavy atom. The zero-order chi connectivity index (χ0) is 19.4. The van der Waals surface area contributed by atoms with Crippen molar-refractivity contribution in [2.24, 2.45) is 0 Å². The van der Waals surface area contributed by atoms with Crippen LogP contribution in [0.1, 0.15) is 27.7 Å². The largest absolute Gasteiger partial charge is 0.361 e. The highest BCUT2D eigenvalue weighted by molar-refractivity contribution is 9.10. The lowest BCUT2D eigenvalue weighted by molar-refractivity contribution is 0.0936. The Hall–Kier alpha value is -2.80. The van der Waals surface area contributed by atoms with Crippen molar-refractivity contribution in [1.29, 1.82) is 0 Å². The summed E-state index contributed by atoms with van der Waals surface area (Å²) in [5, 5.41) is 10.9. The molecule has 0 aliphatic rings. The maximum absolute atomic E-state index is 14.6. The third kappa shape index (κ3) is 4.49. The Kier molecular flexibility index (Phi) is 5.81. The lowest BCUT2D eigenvalue weighted by Crippen LogP contribution is -2.31. The summed E-state index contributed by atoms with van der Waals surface area (Å²) in [5.74, 6) is -0.193. The number of benzene rings is 2. The summed E-state index contributed by atoms with van der Waals surface area (Å²) in [7, 11) is 3.68. The van der Waals surface area contributed by atoms with Crippen LogP contribution >= 0.6 is 15.9 Å². The van der Waals surface area contributed by atoms with Crippen molar-refractivity contribution in [2.45, 2.75) is 6.04 Å². The molecule has 1 heterocycles. The Labute approximate surface area is 165 Å². The number of nitrogens with zero attached hydrogens (tertiary/aromatic N) is 3. The Morgan fingerprint density at radius 2 is 1.81 bits per heavy atom. The maximum atomic E-state index is 14.6. The predicted octanol–water partition coefficient (Wildman–Crippen LogP) is 3.96. The molecule has 3 rings (SSSR count). The van der Waals surface area contributed by atoms with Gasteiger partial charge < -0.3 is 10.2 Å². The quantitative estimate of drug-likeness (QED) is 0.667. The minimum atomic E-state index is -0.651. The number of amides is 1. The third-order valence-corrected chi connectivity index (χ3v) is 4.52. The zero-order valence-electron chi connectivity index (χ0n) is 14.9. The van der Waals surface area contributed by atoms with E-state index in [4.69, 9.17) is 0 Å². The zero-order valence-corrected chi connectivity index (χ0v) is 16.4. The highest BCUT2D eigenvalue weighted by Crippen LogP contribution is 2.27. The van der Waals surface area contributed by atoms with E-state index >= 15 is 0 Å². The molecule has 0 saturated carbocycles. The van der Waals surface area contributed by atoms with Crippen molar-refractivity contribution in [2.75, 3.05) is 19.0 Å². The second-order valence-electron chi connectivity index (χ2n) is 6.15. The Bertz CT molecular complexity index is 932. The molecule has 5 nitrogen and oxygen atoms in total. The second kappa shape index (κ2) is 8.26. The summed E-state index contributed by atoms with van der Waals surface area (Å²) in [5.41, 5.74) is 1.31. The summed E-state index contributed by atoms with van der Waals surface area (Å²) in [4.78, 5) is 14.5. The molecule has 2 aromatic carbocycles. The summed E-state index contributed by atoms with van der Waals surface area (Å²) in [6.07, 6.45) is 0. The second-order valence-corrected chi connectivity index (χ2v) is 7.07. The van der Waals surface area contributed by atoms with E-state index in [1.54, 1.807) is 29.2 Å². The van der Waals surface area contributed by atoms with Crippen molar-refractivity contribution in [3.63, 3.8) is 0 Å². The maximum Gasteiger partial charge on any atom is 0.272 e. The molecular weight excluding hydrogens is 411 g/mol.